The number of aromatic nitrogens is 3. The zero-order valence-electron chi connectivity index (χ0n) is 21.1. The predicted octanol–water partition coefficient (Wildman–Crippen LogP) is 4.43. The molecule has 1 aliphatic rings. The number of imide groups is 1. The minimum Gasteiger partial charge on any atom is -0.497 e. The predicted molar refractivity (Wildman–Crippen MR) is 140 cm³/mol. The van der Waals surface area contributed by atoms with E-state index in [0.29, 0.717) is 36.6 Å². The van der Waals surface area contributed by atoms with Gasteiger partial charge in [0.25, 0.3) is 11.8 Å². The Hall–Kier alpha value is -4.40. The number of nitrogens with one attached hydrogen (secondary N) is 1. The zero-order chi connectivity index (χ0) is 25.9. The van der Waals surface area contributed by atoms with Crippen LogP contribution < -0.4 is 14.8 Å². The molecule has 0 fully saturated rings. The highest BCUT2D eigenvalue weighted by Crippen LogP contribution is 2.31. The van der Waals surface area contributed by atoms with Crippen LogP contribution in [0.15, 0.2) is 60.9 Å². The molecule has 0 saturated carbocycles. The van der Waals surface area contributed by atoms with E-state index in [0.717, 1.165) is 34.6 Å². The maximum Gasteiger partial charge on any atom is 0.261 e. The number of hydrogen-bond acceptors (Lipinski definition) is 7. The van der Waals surface area contributed by atoms with Crippen molar-refractivity contribution in [3.63, 3.8) is 0 Å². The SMILES string of the molecule is COc1cc(NC(C)CCCN2C(=O)c3ccccc3C2=O)c2nc(OCc3nccn3C)ccc2c1. The van der Waals surface area contributed by atoms with Gasteiger partial charge in [-0.05, 0) is 44.0 Å². The minimum absolute atomic E-state index is 0.0597. The summed E-state index contributed by atoms with van der Waals surface area (Å²) < 4.78 is 13.3. The van der Waals surface area contributed by atoms with E-state index < -0.39 is 0 Å². The number of carbonyl (C=O) groups is 2. The monoisotopic (exact) mass is 499 g/mol. The third kappa shape index (κ3) is 4.97. The van der Waals surface area contributed by atoms with Crippen LogP contribution in [-0.4, -0.2) is 50.9 Å². The number of pyridine rings is 1. The van der Waals surface area contributed by atoms with Crippen LogP contribution in [0.5, 0.6) is 11.6 Å². The van der Waals surface area contributed by atoms with Gasteiger partial charge in [0.15, 0.2) is 0 Å². The van der Waals surface area contributed by atoms with Crippen LogP contribution in [0.3, 0.4) is 0 Å². The molecule has 0 radical (unpaired) electrons. The number of anilines is 1. The molecule has 1 unspecified atom stereocenters. The Kier molecular flexibility index (Phi) is 6.76. The van der Waals surface area contributed by atoms with Crippen LogP contribution in [0, 0.1) is 0 Å². The third-order valence-corrected chi connectivity index (χ3v) is 6.55. The first-order chi connectivity index (χ1) is 17.9. The first-order valence-electron chi connectivity index (χ1n) is 12.2. The van der Waals surface area contributed by atoms with E-state index in [-0.39, 0.29) is 17.9 Å². The first kappa shape index (κ1) is 24.3. The fraction of sp³-hybridized carbons (Fsp3) is 0.286. The summed E-state index contributed by atoms with van der Waals surface area (Å²) in [5.41, 5.74) is 2.55. The normalized spacial score (nSPS) is 13.6. The van der Waals surface area contributed by atoms with Gasteiger partial charge >= 0.3 is 0 Å². The number of hydrogen-bond donors (Lipinski definition) is 1. The summed E-state index contributed by atoms with van der Waals surface area (Å²) in [6, 6.07) is 14.7. The molecule has 0 bridgehead atoms. The van der Waals surface area contributed by atoms with Gasteiger partial charge in [-0.15, -0.1) is 0 Å². The lowest BCUT2D eigenvalue weighted by Crippen LogP contribution is -2.31. The summed E-state index contributed by atoms with van der Waals surface area (Å²) in [7, 11) is 3.55. The lowest BCUT2D eigenvalue weighted by atomic mass is 10.1. The highest BCUT2D eigenvalue weighted by molar-refractivity contribution is 6.21. The fourth-order valence-corrected chi connectivity index (χ4v) is 4.51. The molecule has 190 valence electrons. The second kappa shape index (κ2) is 10.3. The van der Waals surface area contributed by atoms with Crippen molar-refractivity contribution in [2.75, 3.05) is 19.0 Å². The van der Waals surface area contributed by atoms with Gasteiger partial charge in [0.05, 0.1) is 29.4 Å². The van der Waals surface area contributed by atoms with Crippen LogP contribution in [0.25, 0.3) is 10.9 Å². The van der Waals surface area contributed by atoms with Crippen LogP contribution in [0.4, 0.5) is 5.69 Å². The average Bonchev–Trinajstić information content (AvgIpc) is 3.43. The molecule has 2 amide bonds. The topological polar surface area (TPSA) is 98.6 Å². The van der Waals surface area contributed by atoms with Crippen molar-refractivity contribution in [1.82, 2.24) is 19.4 Å². The van der Waals surface area contributed by atoms with Gasteiger partial charge in [-0.25, -0.2) is 9.97 Å². The summed E-state index contributed by atoms with van der Waals surface area (Å²) in [6.07, 6.45) is 5.03. The zero-order valence-corrected chi connectivity index (χ0v) is 21.1. The second-order valence-electron chi connectivity index (χ2n) is 9.13. The van der Waals surface area contributed by atoms with E-state index >= 15 is 0 Å². The maximum atomic E-state index is 12.6. The van der Waals surface area contributed by atoms with Crippen molar-refractivity contribution in [1.29, 1.82) is 0 Å². The Morgan fingerprint density at radius 2 is 1.81 bits per heavy atom. The van der Waals surface area contributed by atoms with Crippen molar-refractivity contribution >= 4 is 28.4 Å². The fourth-order valence-electron chi connectivity index (χ4n) is 4.51. The molecule has 3 heterocycles. The molecular weight excluding hydrogens is 470 g/mol. The van der Waals surface area contributed by atoms with Gasteiger partial charge in [0.2, 0.25) is 5.88 Å². The van der Waals surface area contributed by atoms with E-state index in [9.17, 15) is 9.59 Å². The highest BCUT2D eigenvalue weighted by atomic mass is 16.5. The summed E-state index contributed by atoms with van der Waals surface area (Å²) >= 11 is 0. The Labute approximate surface area is 215 Å². The van der Waals surface area contributed by atoms with Gasteiger partial charge < -0.3 is 19.4 Å². The minimum atomic E-state index is -0.220. The summed E-state index contributed by atoms with van der Waals surface area (Å²) in [5, 5.41) is 4.45. The lowest BCUT2D eigenvalue weighted by Gasteiger charge is -2.19. The largest absolute Gasteiger partial charge is 0.497 e. The molecule has 2 aromatic heterocycles. The van der Waals surface area contributed by atoms with E-state index in [1.54, 1.807) is 37.6 Å². The highest BCUT2D eigenvalue weighted by Gasteiger charge is 2.34. The average molecular weight is 500 g/mol. The molecule has 5 rings (SSSR count). The Morgan fingerprint density at radius 3 is 2.49 bits per heavy atom. The molecular formula is C28H29N5O4. The summed E-state index contributed by atoms with van der Waals surface area (Å²) in [6.45, 7) is 2.75. The molecule has 37 heavy (non-hydrogen) atoms. The molecule has 9 heteroatoms. The molecule has 0 aliphatic carbocycles. The van der Waals surface area contributed by atoms with Gasteiger partial charge in [-0.3, -0.25) is 14.5 Å². The molecule has 1 N–H and O–H groups in total. The molecule has 0 saturated heterocycles. The number of nitrogens with zero attached hydrogens (tertiary/aromatic N) is 4. The van der Waals surface area contributed by atoms with Crippen molar-refractivity contribution in [2.24, 2.45) is 7.05 Å². The third-order valence-electron chi connectivity index (χ3n) is 6.55. The molecule has 9 nitrogen and oxygen atoms in total. The van der Waals surface area contributed by atoms with Crippen LogP contribution >= 0.6 is 0 Å². The van der Waals surface area contributed by atoms with Gasteiger partial charge in [0.1, 0.15) is 18.2 Å². The lowest BCUT2D eigenvalue weighted by molar-refractivity contribution is 0.0651. The number of fused-ring (bicyclic) bond motifs is 2. The number of benzene rings is 2. The molecule has 0 spiro atoms. The van der Waals surface area contributed by atoms with Crippen LogP contribution in [-0.2, 0) is 13.7 Å². The van der Waals surface area contributed by atoms with Crippen LogP contribution in [0.1, 0.15) is 46.3 Å². The van der Waals surface area contributed by atoms with E-state index in [1.165, 1.54) is 4.90 Å². The summed E-state index contributed by atoms with van der Waals surface area (Å²) in [4.78, 5) is 35.6. The van der Waals surface area contributed by atoms with Crippen molar-refractivity contribution in [3.8, 4) is 11.6 Å². The molecule has 2 aromatic carbocycles. The molecule has 4 aromatic rings. The van der Waals surface area contributed by atoms with Crippen molar-refractivity contribution in [3.05, 3.63) is 77.9 Å². The number of rotatable bonds is 10. The smallest absolute Gasteiger partial charge is 0.261 e. The quantitative estimate of drug-likeness (QED) is 0.322. The van der Waals surface area contributed by atoms with E-state index in [1.807, 2.05) is 42.1 Å². The number of aryl methyl sites for hydroxylation is 1. The van der Waals surface area contributed by atoms with E-state index in [4.69, 9.17) is 14.5 Å². The first-order valence-corrected chi connectivity index (χ1v) is 12.2. The van der Waals surface area contributed by atoms with Gasteiger partial charge in [0, 0.05) is 49.5 Å². The van der Waals surface area contributed by atoms with Gasteiger partial charge in [-0.1, -0.05) is 12.1 Å². The maximum absolute atomic E-state index is 12.6. The number of imidazole rings is 1. The van der Waals surface area contributed by atoms with E-state index in [2.05, 4.69) is 17.2 Å². The number of amides is 2. The number of methoxy groups -OCH3 is 1. The standard InChI is InChI=1S/C28H29N5O4/c1-18(7-6-13-33-27(34)21-8-4-5-9-22(21)28(33)35)30-23-16-20(36-3)15-19-10-11-25(31-26(19)23)37-17-24-29-12-14-32(24)2/h4-5,8-12,14-16,18,30H,6-7,13,17H2,1-3H3. The molecule has 1 aliphatic heterocycles. The Morgan fingerprint density at radius 1 is 1.05 bits per heavy atom. The van der Waals surface area contributed by atoms with Crippen LogP contribution in [0.2, 0.25) is 0 Å². The Balaban J connectivity index is 1.26. The van der Waals surface area contributed by atoms with Crippen molar-refractivity contribution < 1.29 is 19.1 Å². The van der Waals surface area contributed by atoms with Crippen molar-refractivity contribution in [2.45, 2.75) is 32.4 Å². The number of ether oxygens (including phenoxy) is 2. The second-order valence-corrected chi connectivity index (χ2v) is 9.13. The summed E-state index contributed by atoms with van der Waals surface area (Å²) in [5.74, 6) is 1.59. The Bertz CT molecular complexity index is 1430. The van der Waals surface area contributed by atoms with Gasteiger partial charge in [-0.2, -0.15) is 0 Å². The number of carbonyl (C=O) groups excluding carboxylic acids is 2. The molecule has 1 atom stereocenters.